The van der Waals surface area contributed by atoms with Crippen LogP contribution in [0, 0.1) is 18.7 Å². The second kappa shape index (κ2) is 7.97. The van der Waals surface area contributed by atoms with Gasteiger partial charge in [0.25, 0.3) is 0 Å². The Morgan fingerprint density at radius 3 is 2.28 bits per heavy atom. The van der Waals surface area contributed by atoms with Gasteiger partial charge < -0.3 is 4.74 Å². The van der Waals surface area contributed by atoms with E-state index < -0.39 is 15.8 Å². The van der Waals surface area contributed by atoms with Crippen molar-refractivity contribution >= 4 is 10.0 Å². The minimum absolute atomic E-state index is 0.0937. The zero-order valence-corrected chi connectivity index (χ0v) is 15.7. The average Bonchev–Trinajstić information content (AvgIpc) is 2.53. The quantitative estimate of drug-likeness (QED) is 0.800. The predicted octanol–water partition coefficient (Wildman–Crippen LogP) is 4.21. The number of ether oxygens (including phenoxy) is 1. The normalized spacial score (nSPS) is 13.0. The van der Waals surface area contributed by atoms with Gasteiger partial charge in [-0.3, -0.25) is 0 Å². The van der Waals surface area contributed by atoms with Gasteiger partial charge in [0.2, 0.25) is 10.0 Å². The molecule has 0 spiro atoms. The summed E-state index contributed by atoms with van der Waals surface area (Å²) >= 11 is 0. The van der Waals surface area contributed by atoms with Crippen LogP contribution in [0.15, 0.2) is 47.4 Å². The molecule has 4 nitrogen and oxygen atoms in total. The maximum absolute atomic E-state index is 13.3. The van der Waals surface area contributed by atoms with Crippen LogP contribution in [0.1, 0.15) is 37.4 Å². The molecule has 25 heavy (non-hydrogen) atoms. The molecule has 2 rings (SSSR count). The van der Waals surface area contributed by atoms with Crippen LogP contribution >= 0.6 is 0 Å². The smallest absolute Gasteiger partial charge is 0.241 e. The van der Waals surface area contributed by atoms with E-state index in [1.165, 1.54) is 12.1 Å². The van der Waals surface area contributed by atoms with Crippen molar-refractivity contribution in [3.05, 3.63) is 59.4 Å². The van der Waals surface area contributed by atoms with Crippen molar-refractivity contribution in [3.8, 4) is 5.75 Å². The highest BCUT2D eigenvalue weighted by molar-refractivity contribution is 7.89. The highest BCUT2D eigenvalue weighted by Crippen LogP contribution is 2.26. The number of hydrogen-bond donors (Lipinski definition) is 1. The van der Waals surface area contributed by atoms with E-state index in [2.05, 4.69) is 4.72 Å². The second-order valence-electron chi connectivity index (χ2n) is 6.49. The first kappa shape index (κ1) is 19.4. The molecule has 0 radical (unpaired) electrons. The maximum atomic E-state index is 13.3. The van der Waals surface area contributed by atoms with Crippen LogP contribution in [0.4, 0.5) is 4.39 Å². The van der Waals surface area contributed by atoms with Crippen molar-refractivity contribution in [3.63, 3.8) is 0 Å². The molecule has 136 valence electrons. The molecule has 1 unspecified atom stereocenters. The van der Waals surface area contributed by atoms with Crippen LogP contribution in [0.3, 0.4) is 0 Å². The molecule has 0 aliphatic rings. The number of sulfonamides is 1. The van der Waals surface area contributed by atoms with Gasteiger partial charge in [0.05, 0.1) is 12.0 Å². The topological polar surface area (TPSA) is 55.4 Å². The van der Waals surface area contributed by atoms with Crippen LogP contribution in [-0.4, -0.2) is 15.5 Å². The molecule has 1 atom stereocenters. The monoisotopic (exact) mass is 365 g/mol. The summed E-state index contributed by atoms with van der Waals surface area (Å²) in [5, 5.41) is 0. The van der Waals surface area contributed by atoms with Crippen LogP contribution in [0.25, 0.3) is 0 Å². The molecular weight excluding hydrogens is 341 g/mol. The largest absolute Gasteiger partial charge is 0.497 e. The van der Waals surface area contributed by atoms with E-state index in [0.717, 1.165) is 11.6 Å². The number of benzene rings is 2. The van der Waals surface area contributed by atoms with Gasteiger partial charge in [0.1, 0.15) is 11.6 Å². The zero-order valence-electron chi connectivity index (χ0n) is 14.9. The fraction of sp³-hybridized carbons (Fsp3) is 0.368. The standard InChI is InChI=1S/C19H24FNO3S/c1-13(2)11-18(15-5-8-17(24-4)9-6-15)21-25(22,23)19-10-7-16(20)12-14(19)3/h5-10,12-13,18,21H,11H2,1-4H3. The molecule has 0 saturated heterocycles. The van der Waals surface area contributed by atoms with Gasteiger partial charge in [-0.25, -0.2) is 17.5 Å². The number of aryl methyl sites for hydroxylation is 1. The summed E-state index contributed by atoms with van der Waals surface area (Å²) in [6.45, 7) is 5.66. The van der Waals surface area contributed by atoms with Gasteiger partial charge in [-0.1, -0.05) is 26.0 Å². The molecule has 6 heteroatoms. The van der Waals surface area contributed by atoms with E-state index in [1.807, 2.05) is 26.0 Å². The third-order valence-corrected chi connectivity index (χ3v) is 5.58. The first-order chi connectivity index (χ1) is 11.7. The highest BCUT2D eigenvalue weighted by atomic mass is 32.2. The van der Waals surface area contributed by atoms with Crippen molar-refractivity contribution in [1.82, 2.24) is 4.72 Å². The van der Waals surface area contributed by atoms with E-state index in [0.29, 0.717) is 23.7 Å². The Morgan fingerprint density at radius 2 is 1.76 bits per heavy atom. The number of nitrogens with one attached hydrogen (secondary N) is 1. The minimum Gasteiger partial charge on any atom is -0.497 e. The fourth-order valence-corrected chi connectivity index (χ4v) is 4.19. The Balaban J connectivity index is 2.34. The third-order valence-electron chi connectivity index (χ3n) is 3.95. The van der Waals surface area contributed by atoms with Crippen molar-refractivity contribution in [1.29, 1.82) is 0 Å². The highest BCUT2D eigenvalue weighted by Gasteiger charge is 2.24. The summed E-state index contributed by atoms with van der Waals surface area (Å²) < 4.78 is 46.8. The lowest BCUT2D eigenvalue weighted by Gasteiger charge is -2.22. The van der Waals surface area contributed by atoms with Crippen LogP contribution in [0.2, 0.25) is 0 Å². The van der Waals surface area contributed by atoms with Crippen molar-refractivity contribution in [2.45, 2.75) is 38.1 Å². The van der Waals surface area contributed by atoms with E-state index in [-0.39, 0.29) is 10.9 Å². The number of hydrogen-bond acceptors (Lipinski definition) is 3. The van der Waals surface area contributed by atoms with Gasteiger partial charge >= 0.3 is 0 Å². The van der Waals surface area contributed by atoms with Crippen molar-refractivity contribution in [2.75, 3.05) is 7.11 Å². The molecule has 2 aromatic rings. The Hall–Kier alpha value is -1.92. The molecule has 0 aliphatic heterocycles. The maximum Gasteiger partial charge on any atom is 0.241 e. The molecule has 0 aromatic heterocycles. The number of halogens is 1. The van der Waals surface area contributed by atoms with E-state index in [4.69, 9.17) is 4.74 Å². The van der Waals surface area contributed by atoms with Gasteiger partial charge in [-0.05, 0) is 60.7 Å². The molecule has 2 aromatic carbocycles. The van der Waals surface area contributed by atoms with Crippen LogP contribution in [-0.2, 0) is 10.0 Å². The van der Waals surface area contributed by atoms with E-state index in [1.54, 1.807) is 26.2 Å². The van der Waals surface area contributed by atoms with E-state index >= 15 is 0 Å². The zero-order chi connectivity index (χ0) is 18.6. The first-order valence-electron chi connectivity index (χ1n) is 8.15. The van der Waals surface area contributed by atoms with Gasteiger partial charge in [-0.2, -0.15) is 0 Å². The van der Waals surface area contributed by atoms with Gasteiger partial charge in [0.15, 0.2) is 0 Å². The minimum atomic E-state index is -3.76. The lowest BCUT2D eigenvalue weighted by molar-refractivity contribution is 0.414. The van der Waals surface area contributed by atoms with Gasteiger partial charge in [0, 0.05) is 6.04 Å². The SMILES string of the molecule is COc1ccc(C(CC(C)C)NS(=O)(=O)c2ccc(F)cc2C)cc1. The number of rotatable bonds is 7. The summed E-state index contributed by atoms with van der Waals surface area (Å²) in [6.07, 6.45) is 0.645. The molecule has 0 fully saturated rings. The lowest BCUT2D eigenvalue weighted by atomic mass is 9.98. The summed E-state index contributed by atoms with van der Waals surface area (Å²) in [5.41, 5.74) is 1.24. The molecule has 0 saturated carbocycles. The molecule has 0 heterocycles. The molecule has 0 aliphatic carbocycles. The van der Waals surface area contributed by atoms with Gasteiger partial charge in [-0.15, -0.1) is 0 Å². The summed E-state index contributed by atoms with van der Waals surface area (Å²) in [6, 6.07) is 10.6. The van der Waals surface area contributed by atoms with Crippen LogP contribution in [0.5, 0.6) is 5.75 Å². The second-order valence-corrected chi connectivity index (χ2v) is 8.17. The Morgan fingerprint density at radius 1 is 1.12 bits per heavy atom. The van der Waals surface area contributed by atoms with E-state index in [9.17, 15) is 12.8 Å². The molecular formula is C19H24FNO3S. The summed E-state index contributed by atoms with van der Waals surface area (Å²) in [7, 11) is -2.18. The molecule has 0 amide bonds. The summed E-state index contributed by atoms with van der Waals surface area (Å²) in [4.78, 5) is 0.0937. The Kier molecular flexibility index (Phi) is 6.19. The summed E-state index contributed by atoms with van der Waals surface area (Å²) in [5.74, 6) is 0.554. The van der Waals surface area contributed by atoms with Crippen LogP contribution < -0.4 is 9.46 Å². The van der Waals surface area contributed by atoms with Crippen molar-refractivity contribution < 1.29 is 17.5 Å². The van der Waals surface area contributed by atoms with Crippen molar-refractivity contribution in [2.24, 2.45) is 5.92 Å². The third kappa shape index (κ3) is 5.03. The average molecular weight is 365 g/mol. The predicted molar refractivity (Wildman–Crippen MR) is 96.6 cm³/mol. The Bertz CT molecular complexity index is 817. The fourth-order valence-electron chi connectivity index (χ4n) is 2.72. The number of methoxy groups -OCH3 is 1. The Labute approximate surface area is 149 Å². The molecule has 0 bridgehead atoms. The first-order valence-corrected chi connectivity index (χ1v) is 9.63. The molecule has 1 N–H and O–H groups in total. The lowest BCUT2D eigenvalue weighted by Crippen LogP contribution is -2.30.